The van der Waals surface area contributed by atoms with Crippen LogP contribution >= 0.6 is 15.9 Å². The Labute approximate surface area is 169 Å². The van der Waals surface area contributed by atoms with Gasteiger partial charge >= 0.3 is 0 Å². The number of carbonyl (C=O) groups excluding carboxylic acids is 1. The molecule has 27 heavy (non-hydrogen) atoms. The van der Waals surface area contributed by atoms with Gasteiger partial charge in [0.2, 0.25) is 15.9 Å². The molecule has 1 aliphatic rings. The number of piperidine rings is 1. The molecule has 2 aromatic rings. The van der Waals surface area contributed by atoms with Gasteiger partial charge in [-0.25, -0.2) is 8.42 Å². The normalized spacial score (nSPS) is 18.3. The number of amides is 1. The van der Waals surface area contributed by atoms with E-state index in [-0.39, 0.29) is 23.3 Å². The number of halogens is 1. The molecule has 1 fully saturated rings. The van der Waals surface area contributed by atoms with E-state index in [1.54, 1.807) is 24.3 Å². The first-order valence-corrected chi connectivity index (χ1v) is 11.1. The quantitative estimate of drug-likeness (QED) is 0.761. The molecule has 0 aromatic heterocycles. The minimum Gasteiger partial charge on any atom is -0.326 e. The summed E-state index contributed by atoms with van der Waals surface area (Å²) in [6, 6.07) is 12.4. The zero-order valence-electron chi connectivity index (χ0n) is 15.4. The second kappa shape index (κ2) is 8.12. The molecule has 1 N–H and O–H groups in total. The van der Waals surface area contributed by atoms with Gasteiger partial charge in [0, 0.05) is 23.2 Å². The summed E-state index contributed by atoms with van der Waals surface area (Å²) in [5.74, 6) is -0.497. The smallest absolute Gasteiger partial charge is 0.243 e. The van der Waals surface area contributed by atoms with Crippen molar-refractivity contribution in [1.29, 1.82) is 0 Å². The van der Waals surface area contributed by atoms with Gasteiger partial charge in [-0.3, -0.25) is 4.79 Å². The van der Waals surface area contributed by atoms with Crippen molar-refractivity contribution in [3.63, 3.8) is 0 Å². The van der Waals surface area contributed by atoms with E-state index in [4.69, 9.17) is 0 Å². The van der Waals surface area contributed by atoms with E-state index >= 15 is 0 Å². The van der Waals surface area contributed by atoms with E-state index in [0.29, 0.717) is 19.4 Å². The largest absolute Gasteiger partial charge is 0.326 e. The van der Waals surface area contributed by atoms with Crippen LogP contribution in [0.1, 0.15) is 24.0 Å². The summed E-state index contributed by atoms with van der Waals surface area (Å²) < 4.78 is 28.2. The van der Waals surface area contributed by atoms with Crippen LogP contribution in [-0.2, 0) is 14.8 Å². The van der Waals surface area contributed by atoms with Crippen LogP contribution in [0.2, 0.25) is 0 Å². The number of anilines is 1. The number of carbonyl (C=O) groups is 1. The summed E-state index contributed by atoms with van der Waals surface area (Å²) in [4.78, 5) is 12.9. The van der Waals surface area contributed by atoms with Crippen LogP contribution in [0.15, 0.2) is 51.8 Å². The van der Waals surface area contributed by atoms with Crippen LogP contribution in [0.3, 0.4) is 0 Å². The van der Waals surface area contributed by atoms with Gasteiger partial charge in [0.25, 0.3) is 0 Å². The highest BCUT2D eigenvalue weighted by atomic mass is 79.9. The van der Waals surface area contributed by atoms with E-state index in [9.17, 15) is 13.2 Å². The fraction of sp³-hybridized carbons (Fsp3) is 0.350. The molecule has 0 spiro atoms. The van der Waals surface area contributed by atoms with E-state index < -0.39 is 10.0 Å². The molecular formula is C20H23BrN2O3S. The maximum Gasteiger partial charge on any atom is 0.243 e. The Morgan fingerprint density at radius 3 is 2.52 bits per heavy atom. The second-order valence-electron chi connectivity index (χ2n) is 6.97. The fourth-order valence-corrected chi connectivity index (χ4v) is 4.97. The molecule has 1 atom stereocenters. The lowest BCUT2D eigenvalue weighted by Gasteiger charge is -2.31. The van der Waals surface area contributed by atoms with Crippen LogP contribution in [0.25, 0.3) is 0 Å². The first kappa shape index (κ1) is 20.0. The average Bonchev–Trinajstić information content (AvgIpc) is 2.65. The molecule has 0 aliphatic carbocycles. The maximum absolute atomic E-state index is 12.9. The van der Waals surface area contributed by atoms with Crippen molar-refractivity contribution in [3.8, 4) is 0 Å². The van der Waals surface area contributed by atoms with Crippen molar-refractivity contribution in [2.75, 3.05) is 18.4 Å². The lowest BCUT2D eigenvalue weighted by molar-refractivity contribution is -0.120. The lowest BCUT2D eigenvalue weighted by atomic mass is 9.98. The highest BCUT2D eigenvalue weighted by Gasteiger charge is 2.33. The predicted octanol–water partition coefficient (Wildman–Crippen LogP) is 4.11. The molecule has 0 unspecified atom stereocenters. The topological polar surface area (TPSA) is 66.5 Å². The van der Waals surface area contributed by atoms with Gasteiger partial charge in [-0.15, -0.1) is 0 Å². The summed E-state index contributed by atoms with van der Waals surface area (Å²) in [6.45, 7) is 4.52. The SMILES string of the molecule is Cc1ccc(S(=O)(=O)N2CCC[C@H](C(=O)Nc3ccc(Br)c(C)c3)C2)cc1. The number of aryl methyl sites for hydroxylation is 2. The molecular weight excluding hydrogens is 428 g/mol. The second-order valence-corrected chi connectivity index (χ2v) is 9.76. The molecule has 2 aromatic carbocycles. The van der Waals surface area contributed by atoms with Gasteiger partial charge in [0.05, 0.1) is 10.8 Å². The Hall–Kier alpha value is -1.70. The monoisotopic (exact) mass is 450 g/mol. The molecule has 5 nitrogen and oxygen atoms in total. The number of benzene rings is 2. The van der Waals surface area contributed by atoms with Crippen molar-refractivity contribution < 1.29 is 13.2 Å². The molecule has 144 valence electrons. The average molecular weight is 451 g/mol. The van der Waals surface area contributed by atoms with E-state index in [0.717, 1.165) is 21.3 Å². The highest BCUT2D eigenvalue weighted by Crippen LogP contribution is 2.26. The number of sulfonamides is 1. The summed E-state index contributed by atoms with van der Waals surface area (Å²) in [5, 5.41) is 2.92. The molecule has 1 aliphatic heterocycles. The van der Waals surface area contributed by atoms with Crippen molar-refractivity contribution in [1.82, 2.24) is 4.31 Å². The zero-order valence-corrected chi connectivity index (χ0v) is 17.8. The van der Waals surface area contributed by atoms with Gasteiger partial charge in [-0.1, -0.05) is 33.6 Å². The van der Waals surface area contributed by atoms with Crippen molar-refractivity contribution in [3.05, 3.63) is 58.1 Å². The van der Waals surface area contributed by atoms with E-state index in [1.165, 1.54) is 4.31 Å². The minimum atomic E-state index is -3.58. The molecule has 1 saturated heterocycles. The first-order valence-electron chi connectivity index (χ1n) is 8.91. The maximum atomic E-state index is 12.9. The molecule has 7 heteroatoms. The standard InChI is InChI=1S/C20H23BrN2O3S/c1-14-5-8-18(9-6-14)27(25,26)23-11-3-4-16(13-23)20(24)22-17-7-10-19(21)15(2)12-17/h5-10,12,16H,3-4,11,13H2,1-2H3,(H,22,24)/t16-/m0/s1. The number of hydrogen-bond donors (Lipinski definition) is 1. The van der Waals surface area contributed by atoms with Crippen LogP contribution < -0.4 is 5.32 Å². The van der Waals surface area contributed by atoms with Crippen molar-refractivity contribution in [2.45, 2.75) is 31.6 Å². The molecule has 0 radical (unpaired) electrons. The predicted molar refractivity (Wildman–Crippen MR) is 110 cm³/mol. The van der Waals surface area contributed by atoms with E-state index in [1.807, 2.05) is 32.0 Å². The Morgan fingerprint density at radius 1 is 1.15 bits per heavy atom. The molecule has 1 heterocycles. The summed E-state index contributed by atoms with van der Waals surface area (Å²) in [7, 11) is -3.58. The van der Waals surface area contributed by atoms with Crippen LogP contribution in [0, 0.1) is 19.8 Å². The molecule has 0 saturated carbocycles. The van der Waals surface area contributed by atoms with Crippen LogP contribution in [0.5, 0.6) is 0 Å². The lowest BCUT2D eigenvalue weighted by Crippen LogP contribution is -2.43. The molecule has 3 rings (SSSR count). The van der Waals surface area contributed by atoms with Crippen LogP contribution in [-0.4, -0.2) is 31.7 Å². The number of nitrogens with zero attached hydrogens (tertiary/aromatic N) is 1. The number of nitrogens with one attached hydrogen (secondary N) is 1. The highest BCUT2D eigenvalue weighted by molar-refractivity contribution is 9.10. The fourth-order valence-electron chi connectivity index (χ4n) is 3.20. The summed E-state index contributed by atoms with van der Waals surface area (Å²) >= 11 is 3.44. The Balaban J connectivity index is 1.72. The van der Waals surface area contributed by atoms with Gasteiger partial charge < -0.3 is 5.32 Å². The molecule has 1 amide bonds. The first-order chi connectivity index (χ1) is 12.8. The number of hydrogen-bond acceptors (Lipinski definition) is 3. The van der Waals surface area contributed by atoms with E-state index in [2.05, 4.69) is 21.2 Å². The van der Waals surface area contributed by atoms with Gasteiger partial charge in [0.1, 0.15) is 0 Å². The third kappa shape index (κ3) is 4.59. The summed E-state index contributed by atoms with van der Waals surface area (Å²) in [6.07, 6.45) is 1.35. The summed E-state index contributed by atoms with van der Waals surface area (Å²) in [5.41, 5.74) is 2.76. The third-order valence-electron chi connectivity index (χ3n) is 4.84. The van der Waals surface area contributed by atoms with Gasteiger partial charge in [0.15, 0.2) is 0 Å². The van der Waals surface area contributed by atoms with Crippen molar-refractivity contribution in [2.24, 2.45) is 5.92 Å². The molecule has 0 bridgehead atoms. The minimum absolute atomic E-state index is 0.138. The Morgan fingerprint density at radius 2 is 1.85 bits per heavy atom. The number of rotatable bonds is 4. The van der Waals surface area contributed by atoms with Crippen molar-refractivity contribution >= 4 is 37.5 Å². The third-order valence-corrected chi connectivity index (χ3v) is 7.61. The zero-order chi connectivity index (χ0) is 19.6. The van der Waals surface area contributed by atoms with Crippen LogP contribution in [0.4, 0.5) is 5.69 Å². The Bertz CT molecular complexity index is 942. The van der Waals surface area contributed by atoms with Gasteiger partial charge in [-0.2, -0.15) is 4.31 Å². The van der Waals surface area contributed by atoms with Gasteiger partial charge in [-0.05, 0) is 62.6 Å². The Kier molecular flexibility index (Phi) is 6.03.